The second-order valence-corrected chi connectivity index (χ2v) is 14.7. The fraction of sp³-hybridized carbons (Fsp3) is 0.943. The maximum Gasteiger partial charge on any atom is 0.306 e. The number of carbonyl (C=O) groups excluding carboxylic acids is 2. The summed E-state index contributed by atoms with van der Waals surface area (Å²) in [6.07, 6.45) is 22.2. The van der Waals surface area contributed by atoms with Gasteiger partial charge in [0.25, 0.3) is 0 Å². The van der Waals surface area contributed by atoms with Crippen LogP contribution in [-0.4, -0.2) is 44.4 Å². The number of unbranched alkanes of at least 4 members (excludes halogenated alkanes) is 14. The van der Waals surface area contributed by atoms with E-state index in [1.165, 1.54) is 83.5 Å². The van der Waals surface area contributed by atoms with Crippen LogP contribution >= 0.6 is 8.60 Å². The zero-order valence-corrected chi connectivity index (χ0v) is 30.2. The number of carbonyl (C=O) groups is 2. The Kier molecular flexibility index (Phi) is 29.1. The van der Waals surface area contributed by atoms with E-state index < -0.39 is 14.7 Å². The third-order valence-electron chi connectivity index (χ3n) is 8.02. The van der Waals surface area contributed by atoms with Crippen LogP contribution in [0, 0.1) is 11.3 Å². The molecule has 0 saturated heterocycles. The molecule has 0 radical (unpaired) electrons. The first-order chi connectivity index (χ1) is 21.1. The molecule has 0 aromatic heterocycles. The van der Waals surface area contributed by atoms with E-state index in [1.807, 2.05) is 0 Å². The minimum absolute atomic E-state index is 0.116. The van der Waals surface area contributed by atoms with Gasteiger partial charge in [0.15, 0.2) is 6.10 Å². The van der Waals surface area contributed by atoms with Crippen molar-refractivity contribution >= 4 is 20.5 Å². The smallest absolute Gasteiger partial charge is 0.306 e. The van der Waals surface area contributed by atoms with Gasteiger partial charge in [-0.1, -0.05) is 137 Å². The number of esters is 2. The van der Waals surface area contributed by atoms with Crippen LogP contribution in [0.5, 0.6) is 0 Å². The van der Waals surface area contributed by atoms with Gasteiger partial charge in [-0.2, -0.15) is 0 Å². The minimum atomic E-state index is -2.35. The molecule has 3 atom stereocenters. The van der Waals surface area contributed by atoms with Gasteiger partial charge in [-0.15, -0.1) is 0 Å². The Balaban J connectivity index is 4.16. The first-order valence-electron chi connectivity index (χ1n) is 17.9. The number of ether oxygens (including phenoxy) is 2. The standard InChI is InChI=1S/C35H69NO7P/c1-6-31(2)23-19-15-11-7-8-13-17-21-25-34(38)43-32(30-42-44(39)41-28-27-36)29-40-33(37)24-20-16-12-9-10-14-18-22-26-35(3,4)5/h31-32H,6-30,36H2,1-5H3/q-1/p+1/t31?,32-,44?/m0/s1. The minimum Gasteiger partial charge on any atom is -0.786 e. The Labute approximate surface area is 272 Å². The van der Waals surface area contributed by atoms with Crippen LogP contribution in [0.15, 0.2) is 0 Å². The third kappa shape index (κ3) is 31.2. The van der Waals surface area contributed by atoms with E-state index in [-0.39, 0.29) is 31.8 Å². The van der Waals surface area contributed by atoms with Gasteiger partial charge >= 0.3 is 11.9 Å². The lowest BCUT2D eigenvalue weighted by Gasteiger charge is -2.24. The lowest BCUT2D eigenvalue weighted by Crippen LogP contribution is -2.52. The van der Waals surface area contributed by atoms with Crippen molar-refractivity contribution in [1.82, 2.24) is 0 Å². The molecule has 2 unspecified atom stereocenters. The van der Waals surface area contributed by atoms with Crippen molar-refractivity contribution < 1.29 is 38.7 Å². The SMILES string of the molecule is CCC(C)CCCCCCCCCCC(=O)O[C@@H](COC(=O)CCCCCCCCCCC(C)(C)C)COP([O-])OCC[NH3+]. The first kappa shape index (κ1) is 43.2. The van der Waals surface area contributed by atoms with Gasteiger partial charge in [-0.05, 0) is 30.6 Å². The molecule has 0 spiro atoms. The Morgan fingerprint density at radius 3 is 1.75 bits per heavy atom. The number of rotatable bonds is 31. The molecule has 0 bridgehead atoms. The topological polar surface area (TPSA) is 122 Å². The molecule has 3 N–H and O–H groups in total. The van der Waals surface area contributed by atoms with Crippen LogP contribution in [0.25, 0.3) is 0 Å². The predicted octanol–water partition coefficient (Wildman–Crippen LogP) is 8.20. The van der Waals surface area contributed by atoms with Crippen LogP contribution in [0.2, 0.25) is 0 Å². The molecule has 8 nitrogen and oxygen atoms in total. The number of quaternary nitrogens is 1. The van der Waals surface area contributed by atoms with E-state index in [0.717, 1.165) is 44.4 Å². The van der Waals surface area contributed by atoms with Crippen molar-refractivity contribution in [3.05, 3.63) is 0 Å². The summed E-state index contributed by atoms with van der Waals surface area (Å²) in [5, 5.41) is 0. The molecule has 0 aliphatic rings. The van der Waals surface area contributed by atoms with Gasteiger partial charge in [0, 0.05) is 12.8 Å². The molecule has 0 aromatic rings. The highest BCUT2D eigenvalue weighted by atomic mass is 31.2. The second-order valence-electron chi connectivity index (χ2n) is 13.8. The number of hydrogen-bond acceptors (Lipinski definition) is 7. The molecule has 0 aliphatic heterocycles. The highest BCUT2D eigenvalue weighted by molar-refractivity contribution is 7.39. The third-order valence-corrected chi connectivity index (χ3v) is 8.77. The van der Waals surface area contributed by atoms with E-state index in [9.17, 15) is 14.5 Å². The normalized spacial score (nSPS) is 13.9. The summed E-state index contributed by atoms with van der Waals surface area (Å²) in [7, 11) is -2.35. The highest BCUT2D eigenvalue weighted by Crippen LogP contribution is 2.27. The van der Waals surface area contributed by atoms with Crippen molar-refractivity contribution in [2.45, 2.75) is 176 Å². The molecule has 0 saturated carbocycles. The van der Waals surface area contributed by atoms with Crippen molar-refractivity contribution in [3.8, 4) is 0 Å². The molecule has 0 aliphatic carbocycles. The Bertz CT molecular complexity index is 674. The van der Waals surface area contributed by atoms with Crippen molar-refractivity contribution in [2.75, 3.05) is 26.4 Å². The van der Waals surface area contributed by atoms with Crippen molar-refractivity contribution in [2.24, 2.45) is 11.3 Å². The molecule has 0 fully saturated rings. The zero-order chi connectivity index (χ0) is 32.9. The molecule has 0 rings (SSSR count). The van der Waals surface area contributed by atoms with Crippen LogP contribution in [-0.2, 0) is 28.1 Å². The van der Waals surface area contributed by atoms with Gasteiger partial charge in [0.1, 0.15) is 13.2 Å². The van der Waals surface area contributed by atoms with E-state index >= 15 is 0 Å². The molecule has 0 amide bonds. The number of hydrogen-bond donors (Lipinski definition) is 1. The maximum atomic E-state index is 12.5. The monoisotopic (exact) mass is 647 g/mol. The summed E-state index contributed by atoms with van der Waals surface area (Å²) >= 11 is 0. The summed E-state index contributed by atoms with van der Waals surface area (Å²) in [6.45, 7) is 11.9. The van der Waals surface area contributed by atoms with Gasteiger partial charge in [-0.3, -0.25) is 9.59 Å². The molecule has 0 aromatic carbocycles. The summed E-state index contributed by atoms with van der Waals surface area (Å²) in [5.74, 6) is 0.170. The van der Waals surface area contributed by atoms with Crippen LogP contribution in [0.3, 0.4) is 0 Å². The Morgan fingerprint density at radius 1 is 0.727 bits per heavy atom. The summed E-state index contributed by atoms with van der Waals surface area (Å²) < 4.78 is 21.2. The van der Waals surface area contributed by atoms with Gasteiger partial charge in [-0.25, -0.2) is 0 Å². The van der Waals surface area contributed by atoms with Gasteiger partial charge < -0.3 is 29.1 Å². The van der Waals surface area contributed by atoms with Gasteiger partial charge in [0.05, 0.1) is 21.8 Å². The summed E-state index contributed by atoms with van der Waals surface area (Å²) in [4.78, 5) is 36.7. The Hall–Kier alpha value is -0.790. The Morgan fingerprint density at radius 2 is 1.23 bits per heavy atom. The molecule has 262 valence electrons. The van der Waals surface area contributed by atoms with Gasteiger partial charge in [0.2, 0.25) is 0 Å². The summed E-state index contributed by atoms with van der Waals surface area (Å²) in [5.41, 5.74) is 4.07. The zero-order valence-electron chi connectivity index (χ0n) is 29.3. The lowest BCUT2D eigenvalue weighted by molar-refractivity contribution is -0.372. The van der Waals surface area contributed by atoms with Crippen molar-refractivity contribution in [1.29, 1.82) is 0 Å². The quantitative estimate of drug-likeness (QED) is 0.0457. The fourth-order valence-electron chi connectivity index (χ4n) is 4.95. The van der Waals surface area contributed by atoms with E-state index in [1.54, 1.807) is 0 Å². The molecule has 0 heterocycles. The molecular formula is C35H70NO7P. The first-order valence-corrected chi connectivity index (χ1v) is 19.0. The highest BCUT2D eigenvalue weighted by Gasteiger charge is 2.18. The van der Waals surface area contributed by atoms with Crippen LogP contribution < -0.4 is 10.6 Å². The van der Waals surface area contributed by atoms with E-state index in [4.69, 9.17) is 18.5 Å². The molecular weight excluding hydrogens is 577 g/mol. The van der Waals surface area contributed by atoms with Crippen molar-refractivity contribution in [3.63, 3.8) is 0 Å². The maximum absolute atomic E-state index is 12.5. The van der Waals surface area contributed by atoms with E-state index in [0.29, 0.717) is 24.8 Å². The predicted molar refractivity (Wildman–Crippen MR) is 179 cm³/mol. The average molecular weight is 648 g/mol. The summed E-state index contributed by atoms with van der Waals surface area (Å²) in [6, 6.07) is 0. The fourth-order valence-corrected chi connectivity index (χ4v) is 5.59. The average Bonchev–Trinajstić information content (AvgIpc) is 2.98. The molecule has 44 heavy (non-hydrogen) atoms. The van der Waals surface area contributed by atoms with E-state index in [2.05, 4.69) is 40.4 Å². The molecule has 9 heteroatoms. The van der Waals surface area contributed by atoms with Crippen LogP contribution in [0.4, 0.5) is 0 Å². The van der Waals surface area contributed by atoms with Crippen LogP contribution in [0.1, 0.15) is 169 Å². The largest absolute Gasteiger partial charge is 0.786 e. The second kappa shape index (κ2) is 29.6. The lowest BCUT2D eigenvalue weighted by atomic mass is 9.89.